The van der Waals surface area contributed by atoms with E-state index in [9.17, 15) is 22.7 Å². The molecule has 0 bridgehead atoms. The summed E-state index contributed by atoms with van der Waals surface area (Å²) in [4.78, 5) is 11.7. The Balaban J connectivity index is 2.56. The van der Waals surface area contributed by atoms with Crippen LogP contribution in [0.2, 0.25) is 0 Å². The van der Waals surface area contributed by atoms with Gasteiger partial charge in [-0.3, -0.25) is 4.99 Å². The van der Waals surface area contributed by atoms with Gasteiger partial charge >= 0.3 is 6.18 Å². The summed E-state index contributed by atoms with van der Waals surface area (Å²) >= 11 is 0. The fourth-order valence-corrected chi connectivity index (χ4v) is 2.24. The molecule has 130 valence electrons. The van der Waals surface area contributed by atoms with E-state index < -0.39 is 23.5 Å². The van der Waals surface area contributed by atoms with Crippen LogP contribution in [0.1, 0.15) is 26.1 Å². The minimum absolute atomic E-state index is 0.0732. The van der Waals surface area contributed by atoms with Gasteiger partial charge in [-0.15, -0.1) is 0 Å². The molecule has 0 spiro atoms. The Kier molecular flexibility index (Phi) is 4.89. The van der Waals surface area contributed by atoms with Crippen molar-refractivity contribution >= 4 is 22.8 Å². The first-order chi connectivity index (χ1) is 11.1. The maximum atomic E-state index is 13.7. The van der Waals surface area contributed by atoms with E-state index in [1.165, 1.54) is 20.0 Å². The Morgan fingerprint density at radius 1 is 1.33 bits per heavy atom. The van der Waals surface area contributed by atoms with Gasteiger partial charge in [-0.1, -0.05) is 20.3 Å². The lowest BCUT2D eigenvalue weighted by Gasteiger charge is -2.31. The number of hydrogen-bond acceptors (Lipinski definition) is 4. The molecule has 1 aromatic carbocycles. The molecule has 0 radical (unpaired) electrons. The average molecular weight is 343 g/mol. The average Bonchev–Trinajstić information content (AvgIpc) is 2.49. The molecule has 0 amide bonds. The SMILES string of the molecule is CCC(C)C(O)(C=Nc1cc(F)cc2nc(C)ncc12)C(F)(F)F. The van der Waals surface area contributed by atoms with Gasteiger partial charge in [0.05, 0.1) is 11.2 Å². The molecule has 0 fully saturated rings. The zero-order valence-electron chi connectivity index (χ0n) is 13.4. The number of rotatable bonds is 4. The monoisotopic (exact) mass is 343 g/mol. The number of fused-ring (bicyclic) bond motifs is 1. The predicted octanol–water partition coefficient (Wildman–Crippen LogP) is 4.12. The third-order valence-corrected chi connectivity index (χ3v) is 3.98. The Hall–Kier alpha value is -2.09. The summed E-state index contributed by atoms with van der Waals surface area (Å²) in [5.74, 6) is -1.40. The summed E-state index contributed by atoms with van der Waals surface area (Å²) in [5.41, 5.74) is -2.95. The molecule has 0 saturated heterocycles. The number of alkyl halides is 3. The van der Waals surface area contributed by atoms with E-state index in [-0.39, 0.29) is 17.6 Å². The molecule has 1 N–H and O–H groups in total. The Labute approximate surface area is 136 Å². The lowest BCUT2D eigenvalue weighted by molar-refractivity contribution is -0.244. The van der Waals surface area contributed by atoms with Gasteiger partial charge in [-0.2, -0.15) is 13.2 Å². The summed E-state index contributed by atoms with van der Waals surface area (Å²) in [6.07, 6.45) is -3.02. The quantitative estimate of drug-likeness (QED) is 0.671. The van der Waals surface area contributed by atoms with Gasteiger partial charge in [0, 0.05) is 29.9 Å². The normalized spacial score (nSPS) is 16.5. The van der Waals surface area contributed by atoms with Crippen LogP contribution >= 0.6 is 0 Å². The van der Waals surface area contributed by atoms with Crippen molar-refractivity contribution in [1.82, 2.24) is 9.97 Å². The summed E-state index contributed by atoms with van der Waals surface area (Å²) in [7, 11) is 0. The molecule has 2 atom stereocenters. The highest BCUT2D eigenvalue weighted by atomic mass is 19.4. The van der Waals surface area contributed by atoms with Crippen molar-refractivity contribution in [3.05, 3.63) is 30.0 Å². The second kappa shape index (κ2) is 6.43. The molecule has 24 heavy (non-hydrogen) atoms. The first-order valence-electron chi connectivity index (χ1n) is 7.35. The van der Waals surface area contributed by atoms with E-state index in [0.29, 0.717) is 17.4 Å². The summed E-state index contributed by atoms with van der Waals surface area (Å²) in [5, 5.41) is 10.4. The third kappa shape index (κ3) is 3.38. The zero-order valence-corrected chi connectivity index (χ0v) is 13.4. The van der Waals surface area contributed by atoms with Crippen LogP contribution in [-0.4, -0.2) is 33.1 Å². The van der Waals surface area contributed by atoms with Crippen LogP contribution in [0.15, 0.2) is 23.3 Å². The maximum Gasteiger partial charge on any atom is 0.422 e. The minimum Gasteiger partial charge on any atom is -0.375 e. The van der Waals surface area contributed by atoms with Crippen LogP contribution < -0.4 is 0 Å². The number of aromatic nitrogens is 2. The van der Waals surface area contributed by atoms with Crippen molar-refractivity contribution in [3.8, 4) is 0 Å². The molecule has 0 aliphatic heterocycles. The van der Waals surface area contributed by atoms with Gasteiger partial charge in [-0.05, 0) is 12.8 Å². The Morgan fingerprint density at radius 3 is 2.58 bits per heavy atom. The molecule has 4 nitrogen and oxygen atoms in total. The molecule has 8 heteroatoms. The van der Waals surface area contributed by atoms with E-state index in [4.69, 9.17) is 0 Å². The zero-order chi connectivity index (χ0) is 18.1. The number of nitrogens with zero attached hydrogens (tertiary/aromatic N) is 3. The lowest BCUT2D eigenvalue weighted by Crippen LogP contribution is -2.51. The van der Waals surface area contributed by atoms with Crippen molar-refractivity contribution < 1.29 is 22.7 Å². The standard InChI is InChI=1S/C16H17F4N3O/c1-4-9(2)15(24,16(18,19)20)8-22-13-5-11(17)6-14-12(13)7-21-10(3)23-14/h5-9,24H,4H2,1-3H3. The van der Waals surface area contributed by atoms with Crippen molar-refractivity contribution in [2.75, 3.05) is 0 Å². The molecule has 1 aromatic heterocycles. The van der Waals surface area contributed by atoms with Gasteiger partial charge < -0.3 is 5.11 Å². The number of aliphatic hydroxyl groups is 1. The molecular weight excluding hydrogens is 326 g/mol. The van der Waals surface area contributed by atoms with E-state index in [1.54, 1.807) is 6.92 Å². The van der Waals surface area contributed by atoms with Crippen LogP contribution in [0.4, 0.5) is 23.2 Å². The number of aryl methyl sites for hydroxylation is 1. The van der Waals surface area contributed by atoms with E-state index >= 15 is 0 Å². The number of benzene rings is 1. The van der Waals surface area contributed by atoms with E-state index in [2.05, 4.69) is 15.0 Å². The van der Waals surface area contributed by atoms with E-state index in [1.807, 2.05) is 0 Å². The van der Waals surface area contributed by atoms with Crippen molar-refractivity contribution in [3.63, 3.8) is 0 Å². The van der Waals surface area contributed by atoms with E-state index in [0.717, 1.165) is 12.1 Å². The molecule has 0 aliphatic rings. The molecule has 2 rings (SSSR count). The summed E-state index contributed by atoms with van der Waals surface area (Å²) < 4.78 is 53.4. The largest absolute Gasteiger partial charge is 0.422 e. The molecule has 1 heterocycles. The predicted molar refractivity (Wildman–Crippen MR) is 82.8 cm³/mol. The lowest BCUT2D eigenvalue weighted by atomic mass is 9.87. The second-order valence-corrected chi connectivity index (χ2v) is 5.67. The van der Waals surface area contributed by atoms with Crippen molar-refractivity contribution in [2.45, 2.75) is 39.0 Å². The maximum absolute atomic E-state index is 13.7. The molecule has 2 unspecified atom stereocenters. The Bertz CT molecular complexity index is 770. The summed E-state index contributed by atoms with van der Waals surface area (Å²) in [6, 6.07) is 2.12. The van der Waals surface area contributed by atoms with Gasteiger partial charge in [-0.25, -0.2) is 14.4 Å². The highest BCUT2D eigenvalue weighted by molar-refractivity contribution is 5.91. The van der Waals surface area contributed by atoms with Gasteiger partial charge in [0.15, 0.2) is 5.60 Å². The molecule has 2 aromatic rings. The van der Waals surface area contributed by atoms with Crippen LogP contribution in [0.25, 0.3) is 10.9 Å². The first-order valence-corrected chi connectivity index (χ1v) is 7.35. The number of halogens is 4. The van der Waals surface area contributed by atoms with Crippen LogP contribution in [0, 0.1) is 18.7 Å². The van der Waals surface area contributed by atoms with Gasteiger partial charge in [0.1, 0.15) is 11.6 Å². The number of aliphatic imine (C=N–C) groups is 1. The minimum atomic E-state index is -4.90. The summed E-state index contributed by atoms with van der Waals surface area (Å²) in [6.45, 7) is 4.41. The van der Waals surface area contributed by atoms with Crippen LogP contribution in [0.5, 0.6) is 0 Å². The second-order valence-electron chi connectivity index (χ2n) is 5.67. The molecule has 0 aliphatic carbocycles. The highest BCUT2D eigenvalue weighted by Crippen LogP contribution is 2.37. The topological polar surface area (TPSA) is 58.4 Å². The fraction of sp³-hybridized carbons (Fsp3) is 0.438. The highest BCUT2D eigenvalue weighted by Gasteiger charge is 2.55. The third-order valence-electron chi connectivity index (χ3n) is 3.98. The van der Waals surface area contributed by atoms with Crippen LogP contribution in [0.3, 0.4) is 0 Å². The van der Waals surface area contributed by atoms with Crippen LogP contribution in [-0.2, 0) is 0 Å². The van der Waals surface area contributed by atoms with Crippen molar-refractivity contribution in [2.24, 2.45) is 10.9 Å². The smallest absolute Gasteiger partial charge is 0.375 e. The van der Waals surface area contributed by atoms with Gasteiger partial charge in [0.2, 0.25) is 0 Å². The van der Waals surface area contributed by atoms with Gasteiger partial charge in [0.25, 0.3) is 0 Å². The Morgan fingerprint density at radius 2 is 2.00 bits per heavy atom. The first kappa shape index (κ1) is 18.3. The molecular formula is C16H17F4N3O. The molecule has 0 saturated carbocycles. The number of hydrogen-bond donors (Lipinski definition) is 1. The van der Waals surface area contributed by atoms with Crippen molar-refractivity contribution in [1.29, 1.82) is 0 Å². The fourth-order valence-electron chi connectivity index (χ4n) is 2.24.